The Morgan fingerprint density at radius 1 is 1.23 bits per heavy atom. The number of aromatic nitrogens is 1. The molecule has 118 valence electrons. The van der Waals surface area contributed by atoms with Gasteiger partial charge in [-0.05, 0) is 30.3 Å². The van der Waals surface area contributed by atoms with Gasteiger partial charge in [0.2, 0.25) is 0 Å². The van der Waals surface area contributed by atoms with E-state index in [1.165, 1.54) is 30.6 Å². The summed E-state index contributed by atoms with van der Waals surface area (Å²) in [5, 5.41) is 0. The SMILES string of the molecule is O=S(=O)(Nc1cccnc1)c1ccc(Br)cc1OC(F)(F)F. The van der Waals surface area contributed by atoms with E-state index in [-0.39, 0.29) is 10.2 Å². The van der Waals surface area contributed by atoms with Crippen LogP contribution in [0.3, 0.4) is 0 Å². The highest BCUT2D eigenvalue weighted by molar-refractivity contribution is 9.10. The third kappa shape index (κ3) is 4.34. The lowest BCUT2D eigenvalue weighted by Crippen LogP contribution is -2.21. The molecule has 2 aromatic rings. The van der Waals surface area contributed by atoms with E-state index >= 15 is 0 Å². The summed E-state index contributed by atoms with van der Waals surface area (Å²) in [7, 11) is -4.27. The van der Waals surface area contributed by atoms with E-state index in [1.54, 1.807) is 0 Å². The molecular weight excluding hydrogens is 389 g/mol. The van der Waals surface area contributed by atoms with Crippen molar-refractivity contribution in [2.45, 2.75) is 11.3 Å². The third-order valence-corrected chi connectivity index (χ3v) is 4.25. The Kier molecular flexibility index (Phi) is 4.61. The van der Waals surface area contributed by atoms with E-state index in [1.807, 2.05) is 0 Å². The second-order valence-electron chi connectivity index (χ2n) is 3.99. The van der Waals surface area contributed by atoms with Crippen LogP contribution in [0.15, 0.2) is 52.1 Å². The molecular formula is C12H8BrF3N2O3S. The molecule has 0 saturated carbocycles. The van der Waals surface area contributed by atoms with Crippen molar-refractivity contribution in [1.29, 1.82) is 0 Å². The number of benzene rings is 1. The van der Waals surface area contributed by atoms with Crippen LogP contribution in [0.2, 0.25) is 0 Å². The van der Waals surface area contributed by atoms with E-state index in [0.717, 1.165) is 12.1 Å². The Balaban J connectivity index is 2.42. The van der Waals surface area contributed by atoms with Crippen LogP contribution in [0.1, 0.15) is 0 Å². The van der Waals surface area contributed by atoms with Crippen molar-refractivity contribution in [3.05, 3.63) is 47.2 Å². The molecule has 0 spiro atoms. The highest BCUT2D eigenvalue weighted by atomic mass is 79.9. The van der Waals surface area contributed by atoms with Gasteiger partial charge in [-0.3, -0.25) is 9.71 Å². The second-order valence-corrected chi connectivity index (χ2v) is 6.55. The number of nitrogens with one attached hydrogen (secondary N) is 1. The van der Waals surface area contributed by atoms with Crippen LogP contribution in [0.4, 0.5) is 18.9 Å². The van der Waals surface area contributed by atoms with Crippen molar-refractivity contribution in [1.82, 2.24) is 4.98 Å². The van der Waals surface area contributed by atoms with Crippen molar-refractivity contribution in [3.63, 3.8) is 0 Å². The van der Waals surface area contributed by atoms with Crippen LogP contribution < -0.4 is 9.46 Å². The number of halogens is 4. The summed E-state index contributed by atoms with van der Waals surface area (Å²) in [6.07, 6.45) is -2.37. The fraction of sp³-hybridized carbons (Fsp3) is 0.0833. The van der Waals surface area contributed by atoms with E-state index in [2.05, 4.69) is 30.4 Å². The average molecular weight is 397 g/mol. The molecule has 1 N–H and O–H groups in total. The number of alkyl halides is 3. The molecule has 5 nitrogen and oxygen atoms in total. The van der Waals surface area contributed by atoms with Gasteiger partial charge in [0.15, 0.2) is 5.75 Å². The molecule has 0 aliphatic carbocycles. The molecule has 10 heteroatoms. The lowest BCUT2D eigenvalue weighted by molar-refractivity contribution is -0.275. The molecule has 0 saturated heterocycles. The van der Waals surface area contributed by atoms with E-state index in [0.29, 0.717) is 0 Å². The first kappa shape index (κ1) is 16.6. The molecule has 1 aromatic carbocycles. The highest BCUT2D eigenvalue weighted by Crippen LogP contribution is 2.33. The summed E-state index contributed by atoms with van der Waals surface area (Å²) in [4.78, 5) is 3.07. The van der Waals surface area contributed by atoms with Crippen LogP contribution in [0.5, 0.6) is 5.75 Å². The van der Waals surface area contributed by atoms with Crippen molar-refractivity contribution in [2.75, 3.05) is 4.72 Å². The number of pyridine rings is 1. The van der Waals surface area contributed by atoms with Crippen molar-refractivity contribution < 1.29 is 26.3 Å². The summed E-state index contributed by atoms with van der Waals surface area (Å²) in [6.45, 7) is 0. The molecule has 0 amide bonds. The van der Waals surface area contributed by atoms with Crippen molar-refractivity contribution in [2.24, 2.45) is 0 Å². The van der Waals surface area contributed by atoms with Gasteiger partial charge >= 0.3 is 6.36 Å². The number of rotatable bonds is 4. The fourth-order valence-electron chi connectivity index (χ4n) is 1.54. The number of hydrogen-bond donors (Lipinski definition) is 1. The molecule has 22 heavy (non-hydrogen) atoms. The Hall–Kier alpha value is -1.81. The van der Waals surface area contributed by atoms with E-state index < -0.39 is 27.0 Å². The largest absolute Gasteiger partial charge is 0.573 e. The van der Waals surface area contributed by atoms with Crippen LogP contribution in [0.25, 0.3) is 0 Å². The molecule has 0 radical (unpaired) electrons. The number of anilines is 1. The number of ether oxygens (including phenoxy) is 1. The van der Waals surface area contributed by atoms with Gasteiger partial charge in [-0.15, -0.1) is 13.2 Å². The van der Waals surface area contributed by atoms with Gasteiger partial charge in [-0.25, -0.2) is 8.42 Å². The number of hydrogen-bond acceptors (Lipinski definition) is 4. The van der Waals surface area contributed by atoms with Crippen molar-refractivity contribution in [3.8, 4) is 5.75 Å². The second kappa shape index (κ2) is 6.13. The summed E-state index contributed by atoms with van der Waals surface area (Å²) >= 11 is 2.96. The summed E-state index contributed by atoms with van der Waals surface area (Å²) < 4.78 is 67.8. The molecule has 0 bridgehead atoms. The minimum Gasteiger partial charge on any atom is -0.404 e. The minimum absolute atomic E-state index is 0.114. The Bertz CT molecular complexity index is 767. The molecule has 0 atom stereocenters. The highest BCUT2D eigenvalue weighted by Gasteiger charge is 2.34. The zero-order valence-electron chi connectivity index (χ0n) is 10.6. The van der Waals surface area contributed by atoms with Crippen LogP contribution in [0, 0.1) is 0 Å². The molecule has 0 aliphatic rings. The fourth-order valence-corrected chi connectivity index (χ4v) is 3.04. The maximum atomic E-state index is 12.4. The number of nitrogens with zero attached hydrogens (tertiary/aromatic N) is 1. The molecule has 1 heterocycles. The van der Waals surface area contributed by atoms with Gasteiger partial charge in [0.1, 0.15) is 4.90 Å². The quantitative estimate of drug-likeness (QED) is 0.857. The summed E-state index contributed by atoms with van der Waals surface area (Å²) in [5.74, 6) is -0.835. The zero-order chi connectivity index (χ0) is 16.4. The van der Waals surface area contributed by atoms with Gasteiger partial charge < -0.3 is 4.74 Å². The summed E-state index contributed by atoms with van der Waals surface area (Å²) in [5.41, 5.74) is 0.114. The molecule has 0 aliphatic heterocycles. The standard InChI is InChI=1S/C12H8BrF3N2O3S/c13-8-3-4-11(10(6-8)21-12(14,15)16)22(19,20)18-9-2-1-5-17-7-9/h1-7,18H. The van der Waals surface area contributed by atoms with Crippen LogP contribution in [-0.4, -0.2) is 19.8 Å². The first-order valence-corrected chi connectivity index (χ1v) is 7.93. The molecule has 2 rings (SSSR count). The maximum absolute atomic E-state index is 12.4. The van der Waals surface area contributed by atoms with Crippen LogP contribution in [-0.2, 0) is 10.0 Å². The monoisotopic (exact) mass is 396 g/mol. The average Bonchev–Trinajstić information content (AvgIpc) is 2.37. The third-order valence-electron chi connectivity index (χ3n) is 2.33. The van der Waals surface area contributed by atoms with Gasteiger partial charge in [0.25, 0.3) is 10.0 Å². The topological polar surface area (TPSA) is 68.3 Å². The Morgan fingerprint density at radius 3 is 2.55 bits per heavy atom. The molecule has 1 aromatic heterocycles. The lowest BCUT2D eigenvalue weighted by atomic mass is 10.3. The molecule has 0 unspecified atom stereocenters. The van der Waals surface area contributed by atoms with Crippen molar-refractivity contribution >= 4 is 31.6 Å². The zero-order valence-corrected chi connectivity index (χ0v) is 13.0. The first-order chi connectivity index (χ1) is 10.2. The van der Waals surface area contributed by atoms with Gasteiger partial charge in [-0.2, -0.15) is 0 Å². The summed E-state index contributed by atoms with van der Waals surface area (Å²) in [6, 6.07) is 6.11. The van der Waals surface area contributed by atoms with E-state index in [9.17, 15) is 21.6 Å². The Morgan fingerprint density at radius 2 is 1.95 bits per heavy atom. The Labute approximate surface area is 132 Å². The maximum Gasteiger partial charge on any atom is 0.573 e. The molecule has 0 fully saturated rings. The number of sulfonamides is 1. The van der Waals surface area contributed by atoms with Crippen LogP contribution >= 0.6 is 15.9 Å². The predicted octanol–water partition coefficient (Wildman–Crippen LogP) is 3.54. The lowest BCUT2D eigenvalue weighted by Gasteiger charge is -2.14. The van der Waals surface area contributed by atoms with E-state index in [4.69, 9.17) is 0 Å². The normalized spacial score (nSPS) is 12.0. The minimum atomic E-state index is -5.01. The smallest absolute Gasteiger partial charge is 0.404 e. The first-order valence-electron chi connectivity index (χ1n) is 5.65. The predicted molar refractivity (Wildman–Crippen MR) is 75.9 cm³/mol. The van der Waals surface area contributed by atoms with Gasteiger partial charge in [0, 0.05) is 10.7 Å². The van der Waals surface area contributed by atoms with Gasteiger partial charge in [-0.1, -0.05) is 15.9 Å². The van der Waals surface area contributed by atoms with Gasteiger partial charge in [0.05, 0.1) is 11.9 Å².